The zero-order valence-electron chi connectivity index (χ0n) is 9.33. The van der Waals surface area contributed by atoms with Crippen LogP contribution in [-0.4, -0.2) is 12.5 Å². The van der Waals surface area contributed by atoms with Crippen molar-refractivity contribution in [3.63, 3.8) is 0 Å². The maximum Gasteiger partial charge on any atom is 0.287 e. The van der Waals surface area contributed by atoms with Crippen molar-refractivity contribution in [1.82, 2.24) is 5.32 Å². The molecular weight excluding hydrogens is 302 g/mol. The maximum absolute atomic E-state index is 11.7. The van der Waals surface area contributed by atoms with Gasteiger partial charge in [-0.1, -0.05) is 0 Å². The summed E-state index contributed by atoms with van der Waals surface area (Å²) in [7, 11) is 0. The predicted octanol–water partition coefficient (Wildman–Crippen LogP) is 3.38. The minimum Gasteiger partial charge on any atom is -0.459 e. The van der Waals surface area contributed by atoms with Crippen molar-refractivity contribution in [3.05, 3.63) is 44.4 Å². The number of hydrogen-bond acceptors (Lipinski definition) is 3. The lowest BCUT2D eigenvalue weighted by Gasteiger charge is -2.02. The minimum absolute atomic E-state index is 0.150. The van der Waals surface area contributed by atoms with Crippen LogP contribution < -0.4 is 5.32 Å². The van der Waals surface area contributed by atoms with E-state index in [2.05, 4.69) is 27.3 Å². The summed E-state index contributed by atoms with van der Waals surface area (Å²) < 4.78 is 6.23. The van der Waals surface area contributed by atoms with Crippen LogP contribution in [0.2, 0.25) is 0 Å². The minimum atomic E-state index is -0.150. The molecule has 0 unspecified atom stereocenters. The van der Waals surface area contributed by atoms with E-state index in [1.165, 1.54) is 11.1 Å². The zero-order valence-corrected chi connectivity index (χ0v) is 11.7. The molecule has 0 saturated carbocycles. The second-order valence-electron chi connectivity index (χ2n) is 3.64. The highest BCUT2D eigenvalue weighted by molar-refractivity contribution is 9.11. The van der Waals surface area contributed by atoms with Crippen LogP contribution in [0.25, 0.3) is 0 Å². The first-order valence-electron chi connectivity index (χ1n) is 5.23. The first kappa shape index (κ1) is 12.4. The van der Waals surface area contributed by atoms with Crippen LogP contribution in [-0.2, 0) is 6.42 Å². The highest BCUT2D eigenvalue weighted by atomic mass is 79.9. The van der Waals surface area contributed by atoms with E-state index in [1.807, 2.05) is 13.0 Å². The first-order chi connectivity index (χ1) is 8.16. The average Bonchev–Trinajstić information content (AvgIpc) is 2.87. The Hall–Kier alpha value is -1.07. The van der Waals surface area contributed by atoms with Gasteiger partial charge in [0.25, 0.3) is 5.91 Å². The van der Waals surface area contributed by atoms with Gasteiger partial charge in [0, 0.05) is 17.0 Å². The monoisotopic (exact) mass is 313 g/mol. The molecule has 0 saturated heterocycles. The molecule has 0 aromatic carbocycles. The number of thiophene rings is 1. The summed E-state index contributed by atoms with van der Waals surface area (Å²) in [5.74, 6) is 0.250. The van der Waals surface area contributed by atoms with Crippen LogP contribution in [0.5, 0.6) is 0 Å². The van der Waals surface area contributed by atoms with Crippen molar-refractivity contribution >= 4 is 33.2 Å². The molecule has 0 atom stereocenters. The molecule has 0 spiro atoms. The molecule has 2 rings (SSSR count). The van der Waals surface area contributed by atoms with E-state index in [0.717, 1.165) is 15.8 Å². The quantitative estimate of drug-likeness (QED) is 0.940. The fourth-order valence-corrected chi connectivity index (χ4v) is 2.95. The predicted molar refractivity (Wildman–Crippen MR) is 71.5 cm³/mol. The van der Waals surface area contributed by atoms with Gasteiger partial charge in [-0.2, -0.15) is 0 Å². The van der Waals surface area contributed by atoms with Crippen molar-refractivity contribution in [2.45, 2.75) is 13.3 Å². The highest BCUT2D eigenvalue weighted by Crippen LogP contribution is 2.22. The van der Waals surface area contributed by atoms with Gasteiger partial charge in [0.2, 0.25) is 0 Å². The van der Waals surface area contributed by atoms with Crippen LogP contribution >= 0.6 is 27.3 Å². The van der Waals surface area contributed by atoms with Crippen LogP contribution in [0.15, 0.2) is 32.7 Å². The molecule has 0 fully saturated rings. The molecule has 1 amide bonds. The Morgan fingerprint density at radius 2 is 2.29 bits per heavy atom. The first-order valence-corrected chi connectivity index (χ1v) is 6.84. The van der Waals surface area contributed by atoms with E-state index in [1.54, 1.807) is 17.4 Å². The second kappa shape index (κ2) is 5.51. The number of halogens is 1. The lowest BCUT2D eigenvalue weighted by molar-refractivity contribution is 0.0925. The van der Waals surface area contributed by atoms with Crippen LogP contribution in [0.3, 0.4) is 0 Å². The fraction of sp³-hybridized carbons (Fsp3) is 0.250. The number of amides is 1. The van der Waals surface area contributed by atoms with Gasteiger partial charge >= 0.3 is 0 Å². The van der Waals surface area contributed by atoms with Crippen molar-refractivity contribution < 1.29 is 9.21 Å². The summed E-state index contributed by atoms with van der Waals surface area (Å²) >= 11 is 5.09. The molecule has 0 aliphatic carbocycles. The van der Waals surface area contributed by atoms with Crippen molar-refractivity contribution in [3.8, 4) is 0 Å². The van der Waals surface area contributed by atoms with Gasteiger partial charge in [-0.05, 0) is 47.5 Å². The summed E-state index contributed by atoms with van der Waals surface area (Å²) in [5, 5.41) is 2.84. The smallest absolute Gasteiger partial charge is 0.287 e. The molecule has 2 aromatic heterocycles. The van der Waals surface area contributed by atoms with Crippen LogP contribution in [0.4, 0.5) is 0 Å². The zero-order chi connectivity index (χ0) is 12.3. The SMILES string of the molecule is Cc1ccoc1C(=O)NCCc1ccc(Br)s1. The van der Waals surface area contributed by atoms with Crippen molar-refractivity contribution in [2.75, 3.05) is 6.54 Å². The molecule has 2 aromatic rings. The van der Waals surface area contributed by atoms with Gasteiger partial charge in [-0.25, -0.2) is 0 Å². The van der Waals surface area contributed by atoms with Gasteiger partial charge in [0.05, 0.1) is 10.0 Å². The Labute approximate surface area is 112 Å². The number of hydrogen-bond donors (Lipinski definition) is 1. The average molecular weight is 314 g/mol. The number of nitrogens with one attached hydrogen (secondary N) is 1. The molecule has 3 nitrogen and oxygen atoms in total. The van der Waals surface area contributed by atoms with E-state index in [-0.39, 0.29) is 5.91 Å². The maximum atomic E-state index is 11.7. The summed E-state index contributed by atoms with van der Waals surface area (Å²) in [6.45, 7) is 2.47. The summed E-state index contributed by atoms with van der Waals surface area (Å²) in [6.07, 6.45) is 2.36. The topological polar surface area (TPSA) is 42.2 Å². The standard InChI is InChI=1S/C12H12BrNO2S/c1-8-5-7-16-11(8)12(15)14-6-4-9-2-3-10(13)17-9/h2-3,5,7H,4,6H2,1H3,(H,14,15). The third-order valence-corrected chi connectivity index (χ3v) is 4.04. The van der Waals surface area contributed by atoms with E-state index >= 15 is 0 Å². The molecule has 90 valence electrons. The van der Waals surface area contributed by atoms with E-state index in [0.29, 0.717) is 12.3 Å². The lowest BCUT2D eigenvalue weighted by atomic mass is 10.2. The Kier molecular flexibility index (Phi) is 4.02. The number of carbonyl (C=O) groups excluding carboxylic acids is 1. The Balaban J connectivity index is 1.83. The lowest BCUT2D eigenvalue weighted by Crippen LogP contribution is -2.25. The number of carbonyl (C=O) groups is 1. The Bertz CT molecular complexity index is 518. The third kappa shape index (κ3) is 3.20. The molecule has 0 aliphatic rings. The third-order valence-electron chi connectivity index (χ3n) is 2.35. The summed E-state index contributed by atoms with van der Waals surface area (Å²) in [6, 6.07) is 5.85. The largest absolute Gasteiger partial charge is 0.459 e. The fourth-order valence-electron chi connectivity index (χ4n) is 1.47. The second-order valence-corrected chi connectivity index (χ2v) is 6.19. The molecule has 17 heavy (non-hydrogen) atoms. The van der Waals surface area contributed by atoms with Gasteiger partial charge in [0.1, 0.15) is 0 Å². The van der Waals surface area contributed by atoms with Crippen molar-refractivity contribution in [1.29, 1.82) is 0 Å². The number of rotatable bonds is 4. The van der Waals surface area contributed by atoms with E-state index < -0.39 is 0 Å². The molecular formula is C12H12BrNO2S. The van der Waals surface area contributed by atoms with Crippen LogP contribution in [0, 0.1) is 6.92 Å². The molecule has 0 radical (unpaired) electrons. The van der Waals surface area contributed by atoms with Crippen LogP contribution in [0.1, 0.15) is 21.0 Å². The summed E-state index contributed by atoms with van der Waals surface area (Å²) in [5.41, 5.74) is 0.862. The molecule has 1 N–H and O–H groups in total. The van der Waals surface area contributed by atoms with Gasteiger partial charge in [-0.3, -0.25) is 4.79 Å². The molecule has 5 heteroatoms. The van der Waals surface area contributed by atoms with Gasteiger partial charge in [0.15, 0.2) is 5.76 Å². The van der Waals surface area contributed by atoms with Gasteiger partial charge in [-0.15, -0.1) is 11.3 Å². The molecule has 2 heterocycles. The summed E-state index contributed by atoms with van der Waals surface area (Å²) in [4.78, 5) is 13.0. The molecule has 0 bridgehead atoms. The van der Waals surface area contributed by atoms with Crippen molar-refractivity contribution in [2.24, 2.45) is 0 Å². The Morgan fingerprint density at radius 3 is 2.88 bits per heavy atom. The Morgan fingerprint density at radius 1 is 1.47 bits per heavy atom. The normalized spacial score (nSPS) is 10.5. The highest BCUT2D eigenvalue weighted by Gasteiger charge is 2.11. The number of furan rings is 1. The van der Waals surface area contributed by atoms with E-state index in [9.17, 15) is 4.79 Å². The molecule has 0 aliphatic heterocycles. The van der Waals surface area contributed by atoms with E-state index in [4.69, 9.17) is 4.42 Å². The number of aryl methyl sites for hydroxylation is 1. The van der Waals surface area contributed by atoms with Gasteiger partial charge < -0.3 is 9.73 Å².